The summed E-state index contributed by atoms with van der Waals surface area (Å²) in [6.45, 7) is 6.58. The number of aromatic nitrogens is 1. The molecule has 2 saturated heterocycles. The van der Waals surface area contributed by atoms with Crippen LogP contribution in [0.15, 0.2) is 5.38 Å². The molecule has 2 amide bonds. The molecule has 0 aliphatic carbocycles. The Hall–Kier alpha value is -1.47. The third-order valence-corrected chi connectivity index (χ3v) is 5.96. The summed E-state index contributed by atoms with van der Waals surface area (Å²) in [6.07, 6.45) is 3.19. The van der Waals surface area contributed by atoms with Crippen LogP contribution in [0.1, 0.15) is 43.3 Å². The number of likely N-dealkylation sites (tertiary alicyclic amines) is 2. The predicted molar refractivity (Wildman–Crippen MR) is 91.7 cm³/mol. The van der Waals surface area contributed by atoms with Gasteiger partial charge in [0.05, 0.1) is 17.2 Å². The van der Waals surface area contributed by atoms with Gasteiger partial charge in [-0.3, -0.25) is 9.59 Å². The number of rotatable bonds is 5. The van der Waals surface area contributed by atoms with Crippen molar-refractivity contribution in [1.29, 1.82) is 0 Å². The largest absolute Gasteiger partial charge is 0.372 e. The number of ether oxygens (including phenoxy) is 1. The van der Waals surface area contributed by atoms with Gasteiger partial charge < -0.3 is 14.5 Å². The molecule has 2 aliphatic heterocycles. The summed E-state index contributed by atoms with van der Waals surface area (Å²) in [5, 5.41) is 3.07. The Labute approximate surface area is 146 Å². The Morgan fingerprint density at radius 2 is 2.12 bits per heavy atom. The SMILES string of the molecule is CCOCC(=O)N1CCC2(CCC(=O)N2Cc2csc(C)n2)CC1. The van der Waals surface area contributed by atoms with Crippen LogP contribution in [0.2, 0.25) is 0 Å². The smallest absolute Gasteiger partial charge is 0.248 e. The van der Waals surface area contributed by atoms with Crippen molar-refractivity contribution in [3.05, 3.63) is 16.1 Å². The first-order chi connectivity index (χ1) is 11.5. The number of piperidine rings is 1. The zero-order chi connectivity index (χ0) is 17.2. The van der Waals surface area contributed by atoms with E-state index in [0.29, 0.717) is 32.7 Å². The minimum absolute atomic E-state index is 0.0534. The lowest BCUT2D eigenvalue weighted by Gasteiger charge is -2.44. The molecule has 24 heavy (non-hydrogen) atoms. The maximum atomic E-state index is 12.4. The number of nitrogens with zero attached hydrogens (tertiary/aromatic N) is 3. The van der Waals surface area contributed by atoms with Gasteiger partial charge in [-0.15, -0.1) is 11.3 Å². The van der Waals surface area contributed by atoms with Crippen molar-refractivity contribution in [3.8, 4) is 0 Å². The van der Waals surface area contributed by atoms with Crippen molar-refractivity contribution in [1.82, 2.24) is 14.8 Å². The normalized spacial score (nSPS) is 20.2. The predicted octanol–water partition coefficient (Wildman–Crippen LogP) is 1.97. The zero-order valence-electron chi connectivity index (χ0n) is 14.4. The Morgan fingerprint density at radius 3 is 2.75 bits per heavy atom. The average Bonchev–Trinajstić information content (AvgIpc) is 3.12. The van der Waals surface area contributed by atoms with E-state index in [4.69, 9.17) is 4.74 Å². The number of hydrogen-bond acceptors (Lipinski definition) is 5. The molecular formula is C17H25N3O3S. The molecule has 1 aromatic heterocycles. The zero-order valence-corrected chi connectivity index (χ0v) is 15.2. The van der Waals surface area contributed by atoms with Crippen molar-refractivity contribution < 1.29 is 14.3 Å². The molecule has 0 atom stereocenters. The molecule has 0 N–H and O–H groups in total. The van der Waals surface area contributed by atoms with Crippen LogP contribution in [-0.2, 0) is 20.9 Å². The summed E-state index contributed by atoms with van der Waals surface area (Å²) < 4.78 is 5.22. The van der Waals surface area contributed by atoms with E-state index >= 15 is 0 Å². The third-order valence-electron chi connectivity index (χ3n) is 5.14. The number of thiazole rings is 1. The van der Waals surface area contributed by atoms with Crippen LogP contribution in [0.3, 0.4) is 0 Å². The van der Waals surface area contributed by atoms with Gasteiger partial charge in [-0.2, -0.15) is 0 Å². The van der Waals surface area contributed by atoms with Crippen molar-refractivity contribution in [2.45, 2.75) is 51.6 Å². The molecule has 3 rings (SSSR count). The molecule has 2 aliphatic rings. The van der Waals surface area contributed by atoms with Gasteiger partial charge in [-0.25, -0.2) is 4.98 Å². The lowest BCUT2D eigenvalue weighted by molar-refractivity contribution is -0.140. The minimum Gasteiger partial charge on any atom is -0.372 e. The Morgan fingerprint density at radius 1 is 1.38 bits per heavy atom. The van der Waals surface area contributed by atoms with Gasteiger partial charge in [0.25, 0.3) is 0 Å². The van der Waals surface area contributed by atoms with Gasteiger partial charge in [0.1, 0.15) is 6.61 Å². The Bertz CT molecular complexity index is 608. The van der Waals surface area contributed by atoms with Crippen LogP contribution >= 0.6 is 11.3 Å². The van der Waals surface area contributed by atoms with Gasteiger partial charge in [0.2, 0.25) is 11.8 Å². The van der Waals surface area contributed by atoms with Crippen molar-refractivity contribution in [3.63, 3.8) is 0 Å². The highest BCUT2D eigenvalue weighted by atomic mass is 32.1. The first-order valence-corrected chi connectivity index (χ1v) is 9.49. The minimum atomic E-state index is -0.100. The third kappa shape index (κ3) is 3.47. The van der Waals surface area contributed by atoms with Crippen molar-refractivity contribution >= 4 is 23.2 Å². The van der Waals surface area contributed by atoms with Crippen LogP contribution in [0, 0.1) is 6.92 Å². The fraction of sp³-hybridized carbons (Fsp3) is 0.706. The number of hydrogen-bond donors (Lipinski definition) is 0. The molecule has 6 nitrogen and oxygen atoms in total. The maximum Gasteiger partial charge on any atom is 0.248 e. The molecule has 0 bridgehead atoms. The molecule has 3 heterocycles. The number of amides is 2. The lowest BCUT2D eigenvalue weighted by atomic mass is 9.85. The first kappa shape index (κ1) is 17.4. The van der Waals surface area contributed by atoms with Crippen molar-refractivity contribution in [2.75, 3.05) is 26.3 Å². The number of carbonyl (C=O) groups is 2. The van der Waals surface area contributed by atoms with Crippen LogP contribution in [0.25, 0.3) is 0 Å². The van der Waals surface area contributed by atoms with Crippen LogP contribution in [-0.4, -0.2) is 58.4 Å². The Balaban J connectivity index is 1.64. The highest BCUT2D eigenvalue weighted by Crippen LogP contribution is 2.40. The van der Waals surface area contributed by atoms with Gasteiger partial charge in [0.15, 0.2) is 0 Å². The molecule has 0 unspecified atom stereocenters. The summed E-state index contributed by atoms with van der Waals surface area (Å²) in [4.78, 5) is 32.9. The second kappa shape index (κ2) is 7.19. The van der Waals surface area contributed by atoms with Crippen LogP contribution in [0.4, 0.5) is 0 Å². The topological polar surface area (TPSA) is 62.7 Å². The molecule has 0 aromatic carbocycles. The van der Waals surface area contributed by atoms with E-state index in [0.717, 1.165) is 30.0 Å². The van der Waals surface area contributed by atoms with E-state index in [1.807, 2.05) is 29.0 Å². The molecule has 2 fully saturated rings. The number of carbonyl (C=O) groups excluding carboxylic acids is 2. The molecule has 7 heteroatoms. The van der Waals surface area contributed by atoms with E-state index in [-0.39, 0.29) is 24.0 Å². The fourth-order valence-electron chi connectivity index (χ4n) is 3.75. The van der Waals surface area contributed by atoms with Gasteiger partial charge in [-0.05, 0) is 33.1 Å². The fourth-order valence-corrected chi connectivity index (χ4v) is 4.35. The Kier molecular flexibility index (Phi) is 5.20. The molecule has 0 radical (unpaired) electrons. The van der Waals surface area contributed by atoms with Crippen molar-refractivity contribution in [2.24, 2.45) is 0 Å². The molecule has 132 valence electrons. The maximum absolute atomic E-state index is 12.4. The van der Waals surface area contributed by atoms with E-state index in [1.165, 1.54) is 0 Å². The summed E-state index contributed by atoms with van der Waals surface area (Å²) in [5.41, 5.74) is 0.874. The van der Waals surface area contributed by atoms with Gasteiger partial charge >= 0.3 is 0 Å². The van der Waals surface area contributed by atoms with Gasteiger partial charge in [0, 0.05) is 37.0 Å². The monoisotopic (exact) mass is 351 g/mol. The van der Waals surface area contributed by atoms with E-state index < -0.39 is 0 Å². The van der Waals surface area contributed by atoms with Gasteiger partial charge in [-0.1, -0.05) is 0 Å². The first-order valence-electron chi connectivity index (χ1n) is 8.61. The van der Waals surface area contributed by atoms with Crippen LogP contribution < -0.4 is 0 Å². The summed E-state index contributed by atoms with van der Waals surface area (Å²) in [5.74, 6) is 0.271. The standard InChI is InChI=1S/C17H25N3O3S/c1-3-23-11-16(22)19-8-6-17(7-9-19)5-4-15(21)20(17)10-14-12-24-13(2)18-14/h12H,3-11H2,1-2H3. The highest BCUT2D eigenvalue weighted by Gasteiger charge is 2.47. The quantitative estimate of drug-likeness (QED) is 0.814. The molecule has 0 saturated carbocycles. The van der Waals surface area contributed by atoms with E-state index in [9.17, 15) is 9.59 Å². The number of aryl methyl sites for hydroxylation is 1. The molecule has 1 aromatic rings. The van der Waals surface area contributed by atoms with E-state index in [1.54, 1.807) is 11.3 Å². The summed E-state index contributed by atoms with van der Waals surface area (Å²) in [6, 6.07) is 0. The molecule has 1 spiro atoms. The summed E-state index contributed by atoms with van der Waals surface area (Å²) in [7, 11) is 0. The van der Waals surface area contributed by atoms with Crippen LogP contribution in [0.5, 0.6) is 0 Å². The summed E-state index contributed by atoms with van der Waals surface area (Å²) >= 11 is 1.62. The second-order valence-electron chi connectivity index (χ2n) is 6.58. The molecular weight excluding hydrogens is 326 g/mol. The van der Waals surface area contributed by atoms with E-state index in [2.05, 4.69) is 4.98 Å². The lowest BCUT2D eigenvalue weighted by Crippen LogP contribution is -2.54. The average molecular weight is 351 g/mol. The highest BCUT2D eigenvalue weighted by molar-refractivity contribution is 7.09. The second-order valence-corrected chi connectivity index (χ2v) is 7.64.